The first-order valence-corrected chi connectivity index (χ1v) is 6.32. The van der Waals surface area contributed by atoms with Crippen molar-refractivity contribution in [2.24, 2.45) is 0 Å². The maximum absolute atomic E-state index is 12.1. The highest BCUT2D eigenvalue weighted by atomic mass is 35.5. The molecule has 0 saturated heterocycles. The molecule has 20 heavy (non-hydrogen) atoms. The van der Waals surface area contributed by atoms with Gasteiger partial charge in [-0.25, -0.2) is 0 Å². The second-order valence-corrected chi connectivity index (χ2v) is 4.73. The molecule has 2 rings (SSSR count). The monoisotopic (exact) mass is 288 g/mol. The summed E-state index contributed by atoms with van der Waals surface area (Å²) in [6, 6.07) is 11.4. The van der Waals surface area contributed by atoms with Crippen molar-refractivity contribution in [3.63, 3.8) is 0 Å². The molecule has 3 N–H and O–H groups in total. The van der Waals surface area contributed by atoms with Crippen LogP contribution in [0.1, 0.15) is 27.6 Å². The number of nitrogen functional groups attached to an aromatic ring is 1. The predicted octanol–water partition coefficient (Wildman–Crippen LogP) is 3.38. The fourth-order valence-electron chi connectivity index (χ4n) is 1.70. The molecule has 0 bridgehead atoms. The number of benzene rings is 2. The zero-order valence-corrected chi connectivity index (χ0v) is 11.6. The van der Waals surface area contributed by atoms with Gasteiger partial charge in [0.25, 0.3) is 5.91 Å². The zero-order chi connectivity index (χ0) is 14.7. The highest BCUT2D eigenvalue weighted by molar-refractivity contribution is 6.33. The Balaban J connectivity index is 2.21. The Morgan fingerprint density at radius 2 is 1.85 bits per heavy atom. The highest BCUT2D eigenvalue weighted by Crippen LogP contribution is 2.20. The third-order valence-electron chi connectivity index (χ3n) is 2.79. The third-order valence-corrected chi connectivity index (χ3v) is 3.13. The first-order chi connectivity index (χ1) is 9.47. The fourth-order valence-corrected chi connectivity index (χ4v) is 1.82. The van der Waals surface area contributed by atoms with Gasteiger partial charge in [0.2, 0.25) is 0 Å². The van der Waals surface area contributed by atoms with Crippen LogP contribution in [0.5, 0.6) is 0 Å². The van der Waals surface area contributed by atoms with E-state index in [0.717, 1.165) is 0 Å². The molecule has 0 atom stereocenters. The quantitative estimate of drug-likeness (QED) is 0.672. The van der Waals surface area contributed by atoms with Gasteiger partial charge in [0.1, 0.15) is 0 Å². The second-order valence-electron chi connectivity index (χ2n) is 4.33. The lowest BCUT2D eigenvalue weighted by Gasteiger charge is -2.07. The molecule has 0 fully saturated rings. The summed E-state index contributed by atoms with van der Waals surface area (Å²) in [5.74, 6) is -0.370. The van der Waals surface area contributed by atoms with Gasteiger partial charge in [-0.2, -0.15) is 0 Å². The van der Waals surface area contributed by atoms with Crippen molar-refractivity contribution in [3.05, 3.63) is 58.6 Å². The summed E-state index contributed by atoms with van der Waals surface area (Å²) < 4.78 is 0. The van der Waals surface area contributed by atoms with E-state index in [0.29, 0.717) is 27.5 Å². The molecular formula is C15H13ClN2O2. The van der Waals surface area contributed by atoms with Crippen LogP contribution in [-0.2, 0) is 0 Å². The molecule has 0 saturated carbocycles. The van der Waals surface area contributed by atoms with Crippen molar-refractivity contribution in [2.75, 3.05) is 11.1 Å². The Morgan fingerprint density at radius 3 is 2.50 bits per heavy atom. The molecule has 0 aliphatic carbocycles. The van der Waals surface area contributed by atoms with E-state index in [1.165, 1.54) is 13.0 Å². The van der Waals surface area contributed by atoms with Gasteiger partial charge in [-0.15, -0.1) is 0 Å². The molecule has 102 valence electrons. The highest BCUT2D eigenvalue weighted by Gasteiger charge is 2.09. The van der Waals surface area contributed by atoms with Crippen LogP contribution in [-0.4, -0.2) is 11.7 Å². The van der Waals surface area contributed by atoms with Crippen LogP contribution in [0.3, 0.4) is 0 Å². The summed E-state index contributed by atoms with van der Waals surface area (Å²) in [7, 11) is 0. The van der Waals surface area contributed by atoms with E-state index in [1.54, 1.807) is 36.4 Å². The van der Waals surface area contributed by atoms with E-state index in [-0.39, 0.29) is 11.7 Å². The summed E-state index contributed by atoms with van der Waals surface area (Å²) in [6.07, 6.45) is 0. The summed E-state index contributed by atoms with van der Waals surface area (Å²) in [5, 5.41) is 3.11. The van der Waals surface area contributed by atoms with Gasteiger partial charge < -0.3 is 11.1 Å². The van der Waals surface area contributed by atoms with Crippen molar-refractivity contribution in [3.8, 4) is 0 Å². The molecule has 2 aromatic carbocycles. The minimum Gasteiger partial charge on any atom is -0.398 e. The van der Waals surface area contributed by atoms with Crippen molar-refractivity contribution < 1.29 is 9.59 Å². The maximum atomic E-state index is 12.1. The van der Waals surface area contributed by atoms with Gasteiger partial charge in [0, 0.05) is 16.8 Å². The Bertz CT molecular complexity index is 683. The van der Waals surface area contributed by atoms with E-state index >= 15 is 0 Å². The minimum atomic E-state index is -0.311. The summed E-state index contributed by atoms with van der Waals surface area (Å²) >= 11 is 5.81. The third kappa shape index (κ3) is 3.16. The summed E-state index contributed by atoms with van der Waals surface area (Å²) in [4.78, 5) is 23.4. The number of nitrogens with two attached hydrogens (primary N) is 1. The number of carbonyl (C=O) groups is 2. The Labute approximate surface area is 121 Å². The first kappa shape index (κ1) is 14.1. The lowest BCUT2D eigenvalue weighted by Crippen LogP contribution is -2.12. The minimum absolute atomic E-state index is 0.0585. The number of Topliss-reactive ketones (excluding diaryl/α,β-unsaturated/α-hetero) is 1. The summed E-state index contributed by atoms with van der Waals surface area (Å²) in [5.41, 5.74) is 7.50. The molecule has 0 radical (unpaired) electrons. The average molecular weight is 289 g/mol. The van der Waals surface area contributed by atoms with Crippen LogP contribution in [0.4, 0.5) is 11.4 Å². The normalized spacial score (nSPS) is 10.1. The molecule has 0 heterocycles. The first-order valence-electron chi connectivity index (χ1n) is 5.95. The largest absolute Gasteiger partial charge is 0.398 e. The van der Waals surface area contributed by atoms with E-state index in [2.05, 4.69) is 5.32 Å². The molecule has 0 unspecified atom stereocenters. The lowest BCUT2D eigenvalue weighted by molar-refractivity contribution is 0.101. The van der Waals surface area contributed by atoms with Gasteiger partial charge in [0.15, 0.2) is 5.78 Å². The Hall–Kier alpha value is -2.33. The summed E-state index contributed by atoms with van der Waals surface area (Å²) in [6.45, 7) is 1.47. The number of ketones is 1. The van der Waals surface area contributed by atoms with Gasteiger partial charge in [-0.05, 0) is 37.3 Å². The van der Waals surface area contributed by atoms with E-state index < -0.39 is 0 Å². The number of rotatable bonds is 3. The number of halogens is 1. The van der Waals surface area contributed by atoms with Crippen molar-refractivity contribution in [2.45, 2.75) is 6.92 Å². The van der Waals surface area contributed by atoms with E-state index in [9.17, 15) is 9.59 Å². The van der Waals surface area contributed by atoms with Crippen LogP contribution in [0, 0.1) is 0 Å². The maximum Gasteiger partial charge on any atom is 0.255 e. The molecule has 0 aliphatic heterocycles. The van der Waals surface area contributed by atoms with Crippen LogP contribution in [0.15, 0.2) is 42.5 Å². The number of nitrogens with one attached hydrogen (secondary N) is 1. The van der Waals surface area contributed by atoms with Crippen molar-refractivity contribution in [1.82, 2.24) is 0 Å². The molecule has 0 spiro atoms. The SMILES string of the molecule is CC(=O)c1cccc(NC(=O)c2ccc(Cl)c(N)c2)c1. The number of anilines is 2. The van der Waals surface area contributed by atoms with Crippen LogP contribution in [0.2, 0.25) is 5.02 Å². The molecule has 4 nitrogen and oxygen atoms in total. The molecule has 2 aromatic rings. The Kier molecular flexibility index (Phi) is 4.05. The smallest absolute Gasteiger partial charge is 0.255 e. The molecular weight excluding hydrogens is 276 g/mol. The fraction of sp³-hybridized carbons (Fsp3) is 0.0667. The van der Waals surface area contributed by atoms with E-state index in [4.69, 9.17) is 17.3 Å². The second kappa shape index (κ2) is 5.75. The van der Waals surface area contributed by atoms with Crippen LogP contribution >= 0.6 is 11.6 Å². The molecule has 1 amide bonds. The van der Waals surface area contributed by atoms with Crippen molar-refractivity contribution >= 4 is 34.7 Å². The van der Waals surface area contributed by atoms with Gasteiger partial charge in [0.05, 0.1) is 10.7 Å². The lowest BCUT2D eigenvalue weighted by atomic mass is 10.1. The van der Waals surface area contributed by atoms with Crippen LogP contribution < -0.4 is 11.1 Å². The molecule has 5 heteroatoms. The van der Waals surface area contributed by atoms with Gasteiger partial charge >= 0.3 is 0 Å². The standard InChI is InChI=1S/C15H13ClN2O2/c1-9(19)10-3-2-4-12(7-10)18-15(20)11-5-6-13(16)14(17)8-11/h2-8H,17H2,1H3,(H,18,20). The number of hydrogen-bond acceptors (Lipinski definition) is 3. The number of amides is 1. The molecule has 0 aliphatic rings. The van der Waals surface area contributed by atoms with Gasteiger partial charge in [-0.3, -0.25) is 9.59 Å². The van der Waals surface area contributed by atoms with E-state index in [1.807, 2.05) is 0 Å². The predicted molar refractivity (Wildman–Crippen MR) is 80.3 cm³/mol. The Morgan fingerprint density at radius 1 is 1.10 bits per heavy atom. The van der Waals surface area contributed by atoms with Gasteiger partial charge in [-0.1, -0.05) is 23.7 Å². The molecule has 0 aromatic heterocycles. The average Bonchev–Trinajstić information content (AvgIpc) is 2.42. The zero-order valence-electron chi connectivity index (χ0n) is 10.8. The van der Waals surface area contributed by atoms with Crippen LogP contribution in [0.25, 0.3) is 0 Å². The number of hydrogen-bond donors (Lipinski definition) is 2. The van der Waals surface area contributed by atoms with Crippen molar-refractivity contribution in [1.29, 1.82) is 0 Å². The topological polar surface area (TPSA) is 72.2 Å². The number of carbonyl (C=O) groups excluding carboxylic acids is 2.